The van der Waals surface area contributed by atoms with Crippen LogP contribution in [0.1, 0.15) is 126 Å². The van der Waals surface area contributed by atoms with Crippen LogP contribution in [-0.2, 0) is 90.3 Å². The number of ether oxygens (including phenoxy) is 14. The van der Waals surface area contributed by atoms with E-state index in [1.165, 1.54) is 6.92 Å². The number of hydrogen-bond donors (Lipinski definition) is 20. The van der Waals surface area contributed by atoms with E-state index in [9.17, 15) is 116 Å². The largest absolute Gasteiger partial charge is 0.481 e. The Bertz CT molecular complexity index is 3380. The van der Waals surface area contributed by atoms with E-state index in [0.29, 0.717) is 38.5 Å². The standard InChI is InChI=1S/C73H113NO38/c1-9-72(98)26-101-65(57(72)94)107-52-31(79)24-100-60(50(52)93)106-51-27(2)102-61(48(91)45(51)88)110-55-43(86)40(74-38(81)18-39(82)83)32(21-75)103-63(55)112-66(97)73-17-16-67(3,4)19-29(73)28-10-11-35-68(5)14-13-37(69(6,25-77)34(68)12-15-70(35,7)71(28,8)20-36(73)80)105-64-56(111-62-47(90)44(87)42(85)33(22-76)104-62)53(49(92)54(109-64)58(95)96)108-59-46(89)41(84)30(78)23-99-59/h10,25,27,29-37,40-57,59-65,75-76,78-80,84-94,98H,9,11-24,26H2,1-8H3,(H,74,81)(H,82,83)(H,95,96)/t27?,29?,30-,31-,32?,33?,34-,35?,36?,37+,40+,41+,42+,43?,44+,45?,46?,47?,48?,49+,50?,51+,52?,53+,54?,55?,56?,57?,59+,60+,61+,62+,63+,64-,65+,68?,69-,70?,71-,72+,73-/m1/s1. The van der Waals surface area contributed by atoms with Gasteiger partial charge in [-0.2, -0.15) is 0 Å². The number of aliphatic hydroxyl groups is 17. The fourth-order valence-electron chi connectivity index (χ4n) is 20.8. The highest BCUT2D eigenvalue weighted by Gasteiger charge is 2.73. The van der Waals surface area contributed by atoms with Crippen LogP contribution in [0.5, 0.6) is 0 Å². The molecule has 0 bridgehead atoms. The average Bonchev–Trinajstić information content (AvgIpc) is 0.683. The van der Waals surface area contributed by atoms with Crippen LogP contribution in [0.25, 0.3) is 0 Å². The van der Waals surface area contributed by atoms with Crippen molar-refractivity contribution in [3.8, 4) is 0 Å². The van der Waals surface area contributed by atoms with Crippen LogP contribution >= 0.6 is 0 Å². The molecule has 12 rings (SSSR count). The fraction of sp³-hybridized carbons (Fsp3) is 0.904. The van der Waals surface area contributed by atoms with Gasteiger partial charge in [0.2, 0.25) is 12.2 Å². The maximum absolute atomic E-state index is 16.0. The van der Waals surface area contributed by atoms with Gasteiger partial charge in [-0.1, -0.05) is 60.1 Å². The fourth-order valence-corrected chi connectivity index (χ4v) is 20.8. The second kappa shape index (κ2) is 33.0. The molecule has 7 aliphatic heterocycles. The highest BCUT2D eigenvalue weighted by molar-refractivity contribution is 5.93. The summed E-state index contributed by atoms with van der Waals surface area (Å²) < 4.78 is 84.1. The Labute approximate surface area is 643 Å². The molecular weight excluding hydrogens is 1500 g/mol. The number of esters is 1. The monoisotopic (exact) mass is 1610 g/mol. The van der Waals surface area contributed by atoms with E-state index in [-0.39, 0.29) is 38.2 Å². The normalized spacial score (nSPS) is 52.2. The third-order valence-corrected chi connectivity index (χ3v) is 27.6. The number of rotatable bonds is 22. The number of carbonyl (C=O) groups excluding carboxylic acids is 3. The summed E-state index contributed by atoms with van der Waals surface area (Å²) in [6.07, 6.45) is -53.0. The van der Waals surface area contributed by atoms with Gasteiger partial charge in [-0.15, -0.1) is 0 Å². The first-order valence-electron chi connectivity index (χ1n) is 38.5. The van der Waals surface area contributed by atoms with Gasteiger partial charge in [0.1, 0.15) is 140 Å². The molecule has 0 aromatic carbocycles. The summed E-state index contributed by atoms with van der Waals surface area (Å²) in [7, 11) is 0. The van der Waals surface area contributed by atoms with Gasteiger partial charge < -0.3 is 173 Å². The first-order valence-corrected chi connectivity index (χ1v) is 38.5. The first kappa shape index (κ1) is 87.4. The molecule has 41 atom stereocenters. The highest BCUT2D eigenvalue weighted by Crippen LogP contribution is 2.76. The number of carboxylic acid groups (broad SMARTS) is 2. The minimum absolute atomic E-state index is 0.0241. The Hall–Kier alpha value is -3.91. The first-order chi connectivity index (χ1) is 52.5. The molecule has 0 aromatic rings. The smallest absolute Gasteiger partial charge is 0.335 e. The van der Waals surface area contributed by atoms with Gasteiger partial charge >= 0.3 is 17.9 Å². The summed E-state index contributed by atoms with van der Waals surface area (Å²) in [5, 5.41) is 213. The quantitative estimate of drug-likeness (QED) is 0.0158. The molecule has 7 saturated heterocycles. The van der Waals surface area contributed by atoms with Crippen LogP contribution in [-0.4, -0.2) is 362 Å². The molecule has 11 fully saturated rings. The molecule has 5 aliphatic carbocycles. The summed E-state index contributed by atoms with van der Waals surface area (Å²) in [6.45, 7) is 11.6. The number of allylic oxidation sites excluding steroid dienone is 2. The predicted octanol–water partition coefficient (Wildman–Crippen LogP) is -6.36. The lowest BCUT2D eigenvalue weighted by atomic mass is 9.33. The van der Waals surface area contributed by atoms with Gasteiger partial charge in [-0.25, -0.2) is 4.79 Å². The zero-order chi connectivity index (χ0) is 81.9. The van der Waals surface area contributed by atoms with E-state index in [1.807, 2.05) is 20.8 Å². The summed E-state index contributed by atoms with van der Waals surface area (Å²) in [5.41, 5.74) is -7.06. The molecule has 39 heteroatoms. The van der Waals surface area contributed by atoms with Gasteiger partial charge in [0.05, 0.1) is 62.8 Å². The van der Waals surface area contributed by atoms with E-state index in [0.717, 1.165) is 11.9 Å². The maximum atomic E-state index is 16.0. The molecule has 638 valence electrons. The van der Waals surface area contributed by atoms with Gasteiger partial charge in [0, 0.05) is 0 Å². The average molecular weight is 1610 g/mol. The van der Waals surface area contributed by atoms with Crippen LogP contribution in [0.2, 0.25) is 0 Å². The van der Waals surface area contributed by atoms with Gasteiger partial charge in [-0.05, 0) is 111 Å². The summed E-state index contributed by atoms with van der Waals surface area (Å²) in [4.78, 5) is 68.3. The molecule has 0 aromatic heterocycles. The lowest BCUT2D eigenvalue weighted by Crippen LogP contribution is -2.70. The number of aliphatic hydroxyl groups excluding tert-OH is 16. The van der Waals surface area contributed by atoms with E-state index in [1.54, 1.807) is 13.8 Å². The third kappa shape index (κ3) is 15.3. The Morgan fingerprint density at radius 3 is 1.82 bits per heavy atom. The van der Waals surface area contributed by atoms with Crippen molar-refractivity contribution in [2.45, 2.75) is 328 Å². The number of nitrogens with one attached hydrogen (secondary N) is 1. The van der Waals surface area contributed by atoms with Crippen LogP contribution < -0.4 is 5.32 Å². The van der Waals surface area contributed by atoms with Crippen molar-refractivity contribution in [1.29, 1.82) is 0 Å². The second-order valence-corrected chi connectivity index (χ2v) is 34.6. The Balaban J connectivity index is 0.806. The Morgan fingerprint density at radius 1 is 0.571 bits per heavy atom. The molecule has 19 unspecified atom stereocenters. The van der Waals surface area contributed by atoms with Crippen molar-refractivity contribution in [2.24, 2.45) is 50.2 Å². The molecule has 39 nitrogen and oxygen atoms in total. The van der Waals surface area contributed by atoms with Crippen molar-refractivity contribution in [2.75, 3.05) is 33.0 Å². The number of aldehydes is 1. The summed E-state index contributed by atoms with van der Waals surface area (Å²) in [5.74, 6) is -7.14. The van der Waals surface area contributed by atoms with E-state index < -0.39 is 303 Å². The van der Waals surface area contributed by atoms with Crippen molar-refractivity contribution >= 4 is 30.1 Å². The number of fused-ring (bicyclic) bond motifs is 7. The second-order valence-electron chi connectivity index (χ2n) is 34.6. The van der Waals surface area contributed by atoms with Crippen LogP contribution in [0.3, 0.4) is 0 Å². The molecule has 112 heavy (non-hydrogen) atoms. The Morgan fingerprint density at radius 2 is 1.18 bits per heavy atom. The minimum Gasteiger partial charge on any atom is -0.481 e. The lowest BCUT2D eigenvalue weighted by molar-refractivity contribution is -0.391. The third-order valence-electron chi connectivity index (χ3n) is 27.6. The van der Waals surface area contributed by atoms with Gasteiger partial charge in [0.25, 0.3) is 0 Å². The highest BCUT2D eigenvalue weighted by atomic mass is 16.8. The number of hydrogen-bond acceptors (Lipinski definition) is 36. The minimum atomic E-state index is -2.25. The van der Waals surface area contributed by atoms with Crippen LogP contribution in [0, 0.1) is 50.2 Å². The summed E-state index contributed by atoms with van der Waals surface area (Å²) >= 11 is 0. The number of amides is 1. The van der Waals surface area contributed by atoms with E-state index >= 15 is 4.79 Å². The number of aliphatic carboxylic acids is 2. The molecule has 0 radical (unpaired) electrons. The zero-order valence-electron chi connectivity index (χ0n) is 63.4. The lowest BCUT2D eigenvalue weighted by Gasteiger charge is -2.71. The maximum Gasteiger partial charge on any atom is 0.335 e. The van der Waals surface area contributed by atoms with E-state index in [4.69, 9.17) is 66.3 Å². The number of carboxylic acids is 2. The summed E-state index contributed by atoms with van der Waals surface area (Å²) in [6, 6.07) is -1.72. The van der Waals surface area contributed by atoms with Crippen LogP contribution in [0.4, 0.5) is 0 Å². The molecule has 7 heterocycles. The molecule has 20 N–H and O–H groups in total. The van der Waals surface area contributed by atoms with Crippen molar-refractivity contribution < 1.29 is 187 Å². The molecular formula is C73H113NO38. The molecule has 12 aliphatic rings. The van der Waals surface area contributed by atoms with Crippen molar-refractivity contribution in [1.82, 2.24) is 5.32 Å². The molecule has 0 spiro atoms. The molecule has 1 amide bonds. The SMILES string of the molecule is CC[C@]1(O)CO[C@@H](OC2C(O)[C@H](O[C@H]3C(C)O[C@@H](OC4C(O)[C@@H](NC(=O)CC(=O)O)C(CO)O[C@H]4OC(=O)[C@]45CCC(C)(C)CC4C4=CCC6C7(C)CC[C@H](O[C@@H]8OC(C(=O)O)[C@@H](O)[C@H](O[C@@H]9OC[C@@H](O)[C@H](O)C9O)C8O[C@@H]8OC(CO)[C@H](O)[C@H](O)C8O)[C@](C)(C=O)[C@@H]7CCC6(C)[C@]4(C)CC5O)C(O)C3O)OC[C@H]2O)C1O. The van der Waals surface area contributed by atoms with Gasteiger partial charge in [0.15, 0.2) is 49.9 Å². The Kier molecular flexibility index (Phi) is 25.8. The predicted molar refractivity (Wildman–Crippen MR) is 365 cm³/mol. The van der Waals surface area contributed by atoms with Crippen LogP contribution in [0.15, 0.2) is 11.6 Å². The van der Waals surface area contributed by atoms with Gasteiger partial charge in [-0.3, -0.25) is 14.4 Å². The van der Waals surface area contributed by atoms with Crippen molar-refractivity contribution in [3.63, 3.8) is 0 Å². The van der Waals surface area contributed by atoms with Crippen molar-refractivity contribution in [3.05, 3.63) is 11.6 Å². The topological polar surface area (TPSA) is 611 Å². The number of carbonyl (C=O) groups is 5. The molecule has 4 saturated carbocycles. The van der Waals surface area contributed by atoms with E-state index in [2.05, 4.69) is 25.2 Å². The zero-order valence-corrected chi connectivity index (χ0v) is 63.4.